The molecule has 3 atom stereocenters. The van der Waals surface area contributed by atoms with E-state index in [1.165, 1.54) is 0 Å². The number of hydrogen-bond donors (Lipinski definition) is 1. The average molecular weight is 349 g/mol. The van der Waals surface area contributed by atoms with Gasteiger partial charge in [-0.3, -0.25) is 5.32 Å². The van der Waals surface area contributed by atoms with Gasteiger partial charge >= 0.3 is 18.4 Å². The summed E-state index contributed by atoms with van der Waals surface area (Å²) in [5.41, 5.74) is -4.30. The second-order valence-corrected chi connectivity index (χ2v) is 6.17. The van der Waals surface area contributed by atoms with Crippen LogP contribution in [0, 0.1) is 11.8 Å². The number of halogens is 6. The molecule has 9 heteroatoms. The molecule has 136 valence electrons. The number of carbonyl (C=O) groups is 1. The summed E-state index contributed by atoms with van der Waals surface area (Å²) in [5, 5.41) is 1.02. The van der Waals surface area contributed by atoms with Crippen LogP contribution in [0.1, 0.15) is 46.5 Å². The van der Waals surface area contributed by atoms with Crippen molar-refractivity contribution < 1.29 is 35.9 Å². The molecule has 0 radical (unpaired) electrons. The van der Waals surface area contributed by atoms with Crippen LogP contribution in [0.25, 0.3) is 0 Å². The highest BCUT2D eigenvalue weighted by Gasteiger charge is 2.71. The Kier molecular flexibility index (Phi) is 5.85. The molecule has 23 heavy (non-hydrogen) atoms. The summed E-state index contributed by atoms with van der Waals surface area (Å²) in [6, 6.07) is 0. The zero-order valence-corrected chi connectivity index (χ0v) is 13.1. The highest BCUT2D eigenvalue weighted by molar-refractivity contribution is 5.69. The van der Waals surface area contributed by atoms with Gasteiger partial charge in [-0.1, -0.05) is 20.8 Å². The molecule has 0 aromatic heterocycles. The Morgan fingerprint density at radius 2 is 1.57 bits per heavy atom. The molecule has 1 rings (SSSR count). The number of alkyl halides is 6. The van der Waals surface area contributed by atoms with E-state index in [1.54, 1.807) is 0 Å². The summed E-state index contributed by atoms with van der Waals surface area (Å²) in [6.45, 7) is 4.61. The first-order chi connectivity index (χ1) is 10.3. The number of rotatable bonds is 3. The molecule has 1 aliphatic carbocycles. The van der Waals surface area contributed by atoms with Crippen LogP contribution in [-0.4, -0.2) is 30.1 Å². The monoisotopic (exact) mass is 349 g/mol. The fourth-order valence-corrected chi connectivity index (χ4v) is 2.75. The van der Waals surface area contributed by atoms with Crippen molar-refractivity contribution in [1.29, 1.82) is 0 Å². The third-order valence-corrected chi connectivity index (χ3v) is 4.64. The van der Waals surface area contributed by atoms with E-state index in [9.17, 15) is 31.1 Å². The fraction of sp³-hybridized carbons (Fsp3) is 0.929. The van der Waals surface area contributed by atoms with Crippen LogP contribution in [0.3, 0.4) is 0 Å². The van der Waals surface area contributed by atoms with Gasteiger partial charge in [0.05, 0.1) is 0 Å². The molecular formula is C14H21F6NO2. The Labute approximate surface area is 130 Å². The molecule has 0 aromatic rings. The van der Waals surface area contributed by atoms with Gasteiger partial charge in [-0.15, -0.1) is 0 Å². The largest absolute Gasteiger partial charge is 0.446 e. The van der Waals surface area contributed by atoms with E-state index >= 15 is 0 Å². The van der Waals surface area contributed by atoms with E-state index in [0.29, 0.717) is 32.1 Å². The van der Waals surface area contributed by atoms with Crippen molar-refractivity contribution >= 4 is 6.09 Å². The smallest absolute Gasteiger partial charge is 0.420 e. The van der Waals surface area contributed by atoms with E-state index in [1.807, 2.05) is 13.8 Å². The Morgan fingerprint density at radius 1 is 1.04 bits per heavy atom. The summed E-state index contributed by atoms with van der Waals surface area (Å²) in [4.78, 5) is 11.6. The van der Waals surface area contributed by atoms with Crippen molar-refractivity contribution in [3.05, 3.63) is 0 Å². The SMILES string of the molecule is CCC(NC(=O)O[C@@H]1CC[C@@H](C)[C@H](C)C1)(C(F)(F)F)C(F)(F)F. The van der Waals surface area contributed by atoms with E-state index in [-0.39, 0.29) is 5.92 Å². The zero-order chi connectivity index (χ0) is 18.1. The number of nitrogens with one attached hydrogen (secondary N) is 1. The van der Waals surface area contributed by atoms with E-state index in [4.69, 9.17) is 4.74 Å². The maximum atomic E-state index is 12.9. The van der Waals surface area contributed by atoms with Crippen LogP contribution in [0.2, 0.25) is 0 Å². The maximum Gasteiger partial charge on any atom is 0.420 e. The lowest BCUT2D eigenvalue weighted by molar-refractivity contribution is -0.305. The topological polar surface area (TPSA) is 38.3 Å². The standard InChI is InChI=1S/C14H21F6NO2/c1-4-12(13(15,16)17,14(18,19)20)21-11(22)23-10-6-5-8(2)9(3)7-10/h8-10H,4-7H2,1-3H3,(H,21,22)/t8-,9-,10-/m1/s1. The molecule has 1 N–H and O–H groups in total. The maximum absolute atomic E-state index is 12.9. The minimum Gasteiger partial charge on any atom is -0.446 e. The van der Waals surface area contributed by atoms with Crippen molar-refractivity contribution in [1.82, 2.24) is 5.32 Å². The normalized spacial score (nSPS) is 26.7. The molecule has 0 spiro atoms. The van der Waals surface area contributed by atoms with E-state index in [2.05, 4.69) is 0 Å². The third kappa shape index (κ3) is 4.23. The van der Waals surface area contributed by atoms with Gasteiger partial charge in [0, 0.05) is 0 Å². The molecule has 1 aliphatic rings. The zero-order valence-electron chi connectivity index (χ0n) is 13.1. The van der Waals surface area contributed by atoms with Crippen molar-refractivity contribution in [2.45, 2.75) is 70.4 Å². The molecule has 0 saturated heterocycles. The highest BCUT2D eigenvalue weighted by Crippen LogP contribution is 2.45. The Bertz CT molecular complexity index is 406. The first kappa shape index (κ1) is 19.9. The molecule has 0 aromatic carbocycles. The van der Waals surface area contributed by atoms with Gasteiger partial charge in [0.25, 0.3) is 0 Å². The van der Waals surface area contributed by atoms with Crippen LogP contribution in [0.15, 0.2) is 0 Å². The van der Waals surface area contributed by atoms with Crippen molar-refractivity contribution in [2.75, 3.05) is 0 Å². The van der Waals surface area contributed by atoms with Gasteiger partial charge in [-0.25, -0.2) is 4.79 Å². The lowest BCUT2D eigenvalue weighted by Crippen LogP contribution is -2.67. The van der Waals surface area contributed by atoms with Crippen LogP contribution < -0.4 is 5.32 Å². The number of alkyl carbamates (subject to hydrolysis) is 1. The van der Waals surface area contributed by atoms with Gasteiger partial charge in [0.2, 0.25) is 5.54 Å². The number of hydrogen-bond acceptors (Lipinski definition) is 2. The van der Waals surface area contributed by atoms with E-state index < -0.39 is 36.5 Å². The van der Waals surface area contributed by atoms with Gasteiger partial charge in [-0.05, 0) is 37.5 Å². The van der Waals surface area contributed by atoms with Gasteiger partial charge in [-0.2, -0.15) is 26.3 Å². The minimum atomic E-state index is -5.67. The predicted octanol–water partition coefficient (Wildman–Crippen LogP) is 4.81. The predicted molar refractivity (Wildman–Crippen MR) is 70.7 cm³/mol. The second kappa shape index (κ2) is 6.76. The summed E-state index contributed by atoms with van der Waals surface area (Å²) < 4.78 is 82.4. The molecule has 0 bridgehead atoms. The third-order valence-electron chi connectivity index (χ3n) is 4.64. The van der Waals surface area contributed by atoms with Crippen LogP contribution in [0.4, 0.5) is 31.1 Å². The molecule has 1 saturated carbocycles. The van der Waals surface area contributed by atoms with Gasteiger partial charge in [0.15, 0.2) is 0 Å². The summed E-state index contributed by atoms with van der Waals surface area (Å²) in [7, 11) is 0. The second-order valence-electron chi connectivity index (χ2n) is 6.17. The van der Waals surface area contributed by atoms with Crippen LogP contribution in [-0.2, 0) is 4.74 Å². The molecule has 1 amide bonds. The molecule has 0 aliphatic heterocycles. The van der Waals surface area contributed by atoms with Gasteiger partial charge in [0.1, 0.15) is 6.10 Å². The number of amides is 1. The molecular weight excluding hydrogens is 328 g/mol. The fourth-order valence-electron chi connectivity index (χ4n) is 2.75. The molecule has 3 nitrogen and oxygen atoms in total. The van der Waals surface area contributed by atoms with Crippen LogP contribution >= 0.6 is 0 Å². The van der Waals surface area contributed by atoms with Crippen molar-refractivity contribution in [3.63, 3.8) is 0 Å². The van der Waals surface area contributed by atoms with Crippen LogP contribution in [0.5, 0.6) is 0 Å². The molecule has 1 fully saturated rings. The first-order valence-corrected chi connectivity index (χ1v) is 7.46. The quantitative estimate of drug-likeness (QED) is 0.743. The van der Waals surface area contributed by atoms with Crippen molar-refractivity contribution in [3.8, 4) is 0 Å². The average Bonchev–Trinajstić information content (AvgIpc) is 2.37. The highest BCUT2D eigenvalue weighted by atomic mass is 19.4. The molecule has 0 unspecified atom stereocenters. The minimum absolute atomic E-state index is 0.183. The summed E-state index contributed by atoms with van der Waals surface area (Å²) >= 11 is 0. The summed E-state index contributed by atoms with van der Waals surface area (Å²) in [5.74, 6) is 0.556. The lowest BCUT2D eigenvalue weighted by atomic mass is 9.80. The molecule has 0 heterocycles. The lowest BCUT2D eigenvalue weighted by Gasteiger charge is -2.37. The van der Waals surface area contributed by atoms with Crippen molar-refractivity contribution in [2.24, 2.45) is 11.8 Å². The van der Waals surface area contributed by atoms with Gasteiger partial charge < -0.3 is 4.74 Å². The Balaban J connectivity index is 2.83. The summed E-state index contributed by atoms with van der Waals surface area (Å²) in [6.07, 6.45) is -13.5. The Hall–Kier alpha value is -1.15. The Morgan fingerprint density at radius 3 is 1.96 bits per heavy atom. The number of ether oxygens (including phenoxy) is 1. The first-order valence-electron chi connectivity index (χ1n) is 7.46. The number of carbonyl (C=O) groups excluding carboxylic acids is 1. The van der Waals surface area contributed by atoms with E-state index in [0.717, 1.165) is 5.32 Å².